The van der Waals surface area contributed by atoms with E-state index in [1.54, 1.807) is 22.9 Å². The standard InChI is InChI=1S/C12H17ClN2O2/c1-3-5-15(6-7-16)12(17)11-8-10(13)9-14(11)4-2/h3,8-9,16H,1,4-7H2,2H3. The molecule has 1 aromatic heterocycles. The number of carbonyl (C=O) groups is 1. The maximum Gasteiger partial charge on any atom is 0.270 e. The molecule has 0 aliphatic carbocycles. The van der Waals surface area contributed by atoms with Crippen molar-refractivity contribution in [2.45, 2.75) is 13.5 Å². The molecule has 1 aromatic rings. The molecule has 0 aliphatic rings. The number of aryl methyl sites for hydroxylation is 1. The van der Waals surface area contributed by atoms with E-state index >= 15 is 0 Å². The number of nitrogens with zero attached hydrogens (tertiary/aromatic N) is 2. The fourth-order valence-electron chi connectivity index (χ4n) is 1.63. The first-order valence-corrected chi connectivity index (χ1v) is 5.88. The molecule has 0 saturated heterocycles. The van der Waals surface area contributed by atoms with Crippen molar-refractivity contribution in [3.8, 4) is 0 Å². The van der Waals surface area contributed by atoms with Gasteiger partial charge in [0.25, 0.3) is 5.91 Å². The van der Waals surface area contributed by atoms with Crippen LogP contribution in [0.25, 0.3) is 0 Å². The Kier molecular flexibility index (Phi) is 5.25. The zero-order chi connectivity index (χ0) is 12.8. The summed E-state index contributed by atoms with van der Waals surface area (Å²) >= 11 is 5.89. The maximum atomic E-state index is 12.2. The lowest BCUT2D eigenvalue weighted by atomic mass is 10.3. The van der Waals surface area contributed by atoms with Gasteiger partial charge in [0.15, 0.2) is 0 Å². The molecule has 0 saturated carbocycles. The number of hydrogen-bond donors (Lipinski definition) is 1. The van der Waals surface area contributed by atoms with Gasteiger partial charge in [-0.1, -0.05) is 17.7 Å². The van der Waals surface area contributed by atoms with E-state index in [9.17, 15) is 4.79 Å². The third-order valence-electron chi connectivity index (χ3n) is 2.43. The Morgan fingerprint density at radius 1 is 1.71 bits per heavy atom. The van der Waals surface area contributed by atoms with Gasteiger partial charge < -0.3 is 14.6 Å². The average molecular weight is 257 g/mol. The molecule has 0 bridgehead atoms. The van der Waals surface area contributed by atoms with Gasteiger partial charge in [0.05, 0.1) is 11.6 Å². The zero-order valence-corrected chi connectivity index (χ0v) is 10.7. The predicted molar refractivity (Wildman–Crippen MR) is 68.3 cm³/mol. The van der Waals surface area contributed by atoms with E-state index in [0.29, 0.717) is 23.8 Å². The first kappa shape index (κ1) is 13.8. The molecule has 1 rings (SSSR count). The molecule has 4 nitrogen and oxygen atoms in total. The fourth-order valence-corrected chi connectivity index (χ4v) is 1.85. The van der Waals surface area contributed by atoms with E-state index in [1.165, 1.54) is 4.90 Å². The van der Waals surface area contributed by atoms with Crippen LogP contribution in [0.15, 0.2) is 24.9 Å². The summed E-state index contributed by atoms with van der Waals surface area (Å²) in [5.41, 5.74) is 0.535. The highest BCUT2D eigenvalue weighted by Crippen LogP contribution is 2.16. The third-order valence-corrected chi connectivity index (χ3v) is 2.64. The lowest BCUT2D eigenvalue weighted by molar-refractivity contribution is 0.0732. The van der Waals surface area contributed by atoms with E-state index in [-0.39, 0.29) is 19.1 Å². The molecule has 0 atom stereocenters. The SMILES string of the molecule is C=CCN(CCO)C(=O)c1cc(Cl)cn1CC. The molecule has 1 heterocycles. The summed E-state index contributed by atoms with van der Waals surface area (Å²) in [6.45, 7) is 6.84. The molecule has 0 radical (unpaired) electrons. The third kappa shape index (κ3) is 3.35. The molecular formula is C12H17ClN2O2. The van der Waals surface area contributed by atoms with Crippen LogP contribution in [0, 0.1) is 0 Å². The van der Waals surface area contributed by atoms with Gasteiger partial charge in [0.2, 0.25) is 0 Å². The second-order valence-electron chi connectivity index (χ2n) is 3.59. The van der Waals surface area contributed by atoms with Crippen molar-refractivity contribution in [2.24, 2.45) is 0 Å². The van der Waals surface area contributed by atoms with Crippen LogP contribution < -0.4 is 0 Å². The molecule has 94 valence electrons. The number of aliphatic hydroxyl groups excluding tert-OH is 1. The van der Waals surface area contributed by atoms with Crippen molar-refractivity contribution in [3.05, 3.63) is 35.6 Å². The molecule has 17 heavy (non-hydrogen) atoms. The number of halogens is 1. The molecular weight excluding hydrogens is 240 g/mol. The lowest BCUT2D eigenvalue weighted by Crippen LogP contribution is -2.34. The van der Waals surface area contributed by atoms with Crippen LogP contribution in [0.1, 0.15) is 17.4 Å². The normalized spacial score (nSPS) is 10.3. The molecule has 0 fully saturated rings. The van der Waals surface area contributed by atoms with Crippen molar-refractivity contribution in [1.82, 2.24) is 9.47 Å². The van der Waals surface area contributed by atoms with Crippen LogP contribution in [0.2, 0.25) is 5.02 Å². The van der Waals surface area contributed by atoms with E-state index in [1.807, 2.05) is 6.92 Å². The average Bonchev–Trinajstić information content (AvgIpc) is 2.69. The number of carbonyl (C=O) groups excluding carboxylic acids is 1. The quantitative estimate of drug-likeness (QED) is 0.789. The largest absolute Gasteiger partial charge is 0.395 e. The highest BCUT2D eigenvalue weighted by atomic mass is 35.5. The number of amides is 1. The molecule has 0 aliphatic heterocycles. The van der Waals surface area contributed by atoms with Crippen molar-refractivity contribution in [1.29, 1.82) is 0 Å². The van der Waals surface area contributed by atoms with Crippen LogP contribution in [-0.2, 0) is 6.54 Å². The Hall–Kier alpha value is -1.26. The Bertz CT molecular complexity index is 401. The molecule has 5 heteroatoms. The number of aliphatic hydroxyl groups is 1. The highest BCUT2D eigenvalue weighted by molar-refractivity contribution is 6.31. The minimum Gasteiger partial charge on any atom is -0.395 e. The molecule has 0 spiro atoms. The Balaban J connectivity index is 2.95. The summed E-state index contributed by atoms with van der Waals surface area (Å²) in [7, 11) is 0. The van der Waals surface area contributed by atoms with Crippen LogP contribution in [0.4, 0.5) is 0 Å². The smallest absolute Gasteiger partial charge is 0.270 e. The van der Waals surface area contributed by atoms with E-state index in [2.05, 4.69) is 6.58 Å². The summed E-state index contributed by atoms with van der Waals surface area (Å²) < 4.78 is 1.79. The van der Waals surface area contributed by atoms with Gasteiger partial charge in [-0.05, 0) is 13.0 Å². The fraction of sp³-hybridized carbons (Fsp3) is 0.417. The number of aromatic nitrogens is 1. The van der Waals surface area contributed by atoms with Crippen molar-refractivity contribution in [2.75, 3.05) is 19.7 Å². The Morgan fingerprint density at radius 2 is 2.41 bits per heavy atom. The topological polar surface area (TPSA) is 45.5 Å². The minimum atomic E-state index is -0.146. The monoisotopic (exact) mass is 256 g/mol. The van der Waals surface area contributed by atoms with Gasteiger partial charge in [0, 0.05) is 25.8 Å². The maximum absolute atomic E-state index is 12.2. The van der Waals surface area contributed by atoms with Crippen LogP contribution in [-0.4, -0.2) is 40.2 Å². The first-order valence-electron chi connectivity index (χ1n) is 5.50. The number of hydrogen-bond acceptors (Lipinski definition) is 2. The minimum absolute atomic E-state index is 0.0693. The van der Waals surface area contributed by atoms with Crippen LogP contribution in [0.5, 0.6) is 0 Å². The van der Waals surface area contributed by atoms with Crippen molar-refractivity contribution in [3.63, 3.8) is 0 Å². The van der Waals surface area contributed by atoms with E-state index < -0.39 is 0 Å². The second kappa shape index (κ2) is 6.47. The summed E-state index contributed by atoms with van der Waals surface area (Å²) in [6, 6.07) is 1.64. The molecule has 1 amide bonds. The summed E-state index contributed by atoms with van der Waals surface area (Å²) in [5.74, 6) is -0.146. The summed E-state index contributed by atoms with van der Waals surface area (Å²) in [5, 5.41) is 9.47. The first-order chi connectivity index (χ1) is 8.13. The van der Waals surface area contributed by atoms with Gasteiger partial charge in [-0.2, -0.15) is 0 Å². The Labute approximate surface area is 106 Å². The van der Waals surface area contributed by atoms with Gasteiger partial charge >= 0.3 is 0 Å². The number of rotatable bonds is 6. The van der Waals surface area contributed by atoms with Gasteiger partial charge in [0.1, 0.15) is 5.69 Å². The van der Waals surface area contributed by atoms with Crippen molar-refractivity contribution < 1.29 is 9.90 Å². The second-order valence-corrected chi connectivity index (χ2v) is 4.03. The summed E-state index contributed by atoms with van der Waals surface area (Å²) in [4.78, 5) is 13.7. The highest BCUT2D eigenvalue weighted by Gasteiger charge is 2.18. The molecule has 0 unspecified atom stereocenters. The Morgan fingerprint density at radius 3 is 2.94 bits per heavy atom. The van der Waals surface area contributed by atoms with Crippen molar-refractivity contribution >= 4 is 17.5 Å². The van der Waals surface area contributed by atoms with E-state index in [0.717, 1.165) is 0 Å². The van der Waals surface area contributed by atoms with Gasteiger partial charge in [-0.25, -0.2) is 0 Å². The molecule has 1 N–H and O–H groups in total. The van der Waals surface area contributed by atoms with E-state index in [4.69, 9.17) is 16.7 Å². The summed E-state index contributed by atoms with van der Waals surface area (Å²) in [6.07, 6.45) is 3.36. The zero-order valence-electron chi connectivity index (χ0n) is 9.90. The predicted octanol–water partition coefficient (Wildman–Crippen LogP) is 1.78. The van der Waals surface area contributed by atoms with Crippen LogP contribution in [0.3, 0.4) is 0 Å². The van der Waals surface area contributed by atoms with Gasteiger partial charge in [-0.15, -0.1) is 6.58 Å². The van der Waals surface area contributed by atoms with Crippen LogP contribution >= 0.6 is 11.6 Å². The molecule has 0 aromatic carbocycles. The van der Waals surface area contributed by atoms with Gasteiger partial charge in [-0.3, -0.25) is 4.79 Å². The lowest BCUT2D eigenvalue weighted by Gasteiger charge is -2.20.